The molecule has 2 heterocycles. The molecule has 0 saturated carbocycles. The van der Waals surface area contributed by atoms with E-state index in [9.17, 15) is 9.59 Å². The molecule has 0 bridgehead atoms. The van der Waals surface area contributed by atoms with Gasteiger partial charge in [0.25, 0.3) is 0 Å². The molecule has 0 saturated heterocycles. The van der Waals surface area contributed by atoms with Gasteiger partial charge in [-0.1, -0.05) is 18.2 Å². The minimum Gasteiger partial charge on any atom is -1.00 e. The van der Waals surface area contributed by atoms with Crippen molar-refractivity contribution in [2.24, 2.45) is 0 Å². The second kappa shape index (κ2) is 5.75. The SMILES string of the molecule is O=C(c1cc2ccccc2oc1=O)[n+]1ccccn1.[Br-]. The topological polar surface area (TPSA) is 64.1 Å². The Balaban J connectivity index is 0.00000147. The molecular weight excluding hydrogens is 324 g/mol. The summed E-state index contributed by atoms with van der Waals surface area (Å²) in [5, 5.41) is 4.56. The van der Waals surface area contributed by atoms with Crippen LogP contribution in [0.15, 0.2) is 64.1 Å². The first-order valence-electron chi connectivity index (χ1n) is 5.66. The first kappa shape index (κ1) is 14.1. The average molecular weight is 333 g/mol. The number of nitrogens with zero attached hydrogens (tertiary/aromatic N) is 2. The largest absolute Gasteiger partial charge is 1.00 e. The zero-order valence-corrected chi connectivity index (χ0v) is 11.8. The van der Waals surface area contributed by atoms with E-state index in [-0.39, 0.29) is 22.5 Å². The van der Waals surface area contributed by atoms with Crippen molar-refractivity contribution in [2.75, 3.05) is 0 Å². The summed E-state index contributed by atoms with van der Waals surface area (Å²) in [7, 11) is 0. The summed E-state index contributed by atoms with van der Waals surface area (Å²) in [5.41, 5.74) is -0.251. The Morgan fingerprint density at radius 1 is 1.15 bits per heavy atom. The molecule has 0 spiro atoms. The molecule has 0 aliphatic rings. The van der Waals surface area contributed by atoms with Crippen LogP contribution in [0.4, 0.5) is 0 Å². The van der Waals surface area contributed by atoms with Gasteiger partial charge in [0.05, 0.1) is 6.20 Å². The molecule has 2 aromatic heterocycles. The van der Waals surface area contributed by atoms with Crippen LogP contribution in [-0.2, 0) is 0 Å². The molecule has 6 heteroatoms. The Labute approximate surface area is 124 Å². The molecule has 0 unspecified atom stereocenters. The normalized spacial score (nSPS) is 10.0. The van der Waals surface area contributed by atoms with Crippen LogP contribution in [0.25, 0.3) is 11.0 Å². The zero-order chi connectivity index (χ0) is 13.2. The number of benzene rings is 1. The molecule has 20 heavy (non-hydrogen) atoms. The Bertz CT molecular complexity index is 815. The van der Waals surface area contributed by atoms with Crippen molar-refractivity contribution in [3.63, 3.8) is 0 Å². The lowest BCUT2D eigenvalue weighted by atomic mass is 10.2. The molecular formula is C14H9BrN2O3. The molecule has 5 nitrogen and oxygen atoms in total. The van der Waals surface area contributed by atoms with Gasteiger partial charge in [-0.25, -0.2) is 9.59 Å². The van der Waals surface area contributed by atoms with E-state index in [4.69, 9.17) is 4.42 Å². The third-order valence-electron chi connectivity index (χ3n) is 2.70. The molecule has 3 aromatic rings. The summed E-state index contributed by atoms with van der Waals surface area (Å²) in [5.74, 6) is -0.514. The fourth-order valence-electron chi connectivity index (χ4n) is 1.78. The summed E-state index contributed by atoms with van der Waals surface area (Å²) in [6, 6.07) is 11.9. The zero-order valence-electron chi connectivity index (χ0n) is 10.2. The first-order valence-corrected chi connectivity index (χ1v) is 5.66. The van der Waals surface area contributed by atoms with Crippen molar-refractivity contribution >= 4 is 16.9 Å². The molecule has 0 N–H and O–H groups in total. The van der Waals surface area contributed by atoms with Gasteiger partial charge in [-0.3, -0.25) is 0 Å². The fourth-order valence-corrected chi connectivity index (χ4v) is 1.78. The summed E-state index contributed by atoms with van der Waals surface area (Å²) in [4.78, 5) is 24.0. The maximum Gasteiger partial charge on any atom is 0.456 e. The molecule has 0 atom stereocenters. The van der Waals surface area contributed by atoms with Gasteiger partial charge in [0.15, 0.2) is 5.56 Å². The van der Waals surface area contributed by atoms with Crippen molar-refractivity contribution in [1.82, 2.24) is 5.10 Å². The molecule has 0 fully saturated rings. The van der Waals surface area contributed by atoms with Crippen LogP contribution in [0, 0.1) is 0 Å². The maximum absolute atomic E-state index is 12.2. The number of hydrogen-bond donors (Lipinski definition) is 0. The Kier molecular flexibility index (Phi) is 4.05. The van der Waals surface area contributed by atoms with Crippen molar-refractivity contribution < 1.29 is 30.9 Å². The molecule has 1 aromatic carbocycles. The highest BCUT2D eigenvalue weighted by Crippen LogP contribution is 2.12. The highest BCUT2D eigenvalue weighted by atomic mass is 79.9. The van der Waals surface area contributed by atoms with Crippen LogP contribution in [0.1, 0.15) is 10.4 Å². The average Bonchev–Trinajstić information content (AvgIpc) is 2.47. The lowest BCUT2D eigenvalue weighted by Crippen LogP contribution is -3.00. The molecule has 0 radical (unpaired) electrons. The van der Waals surface area contributed by atoms with E-state index in [1.165, 1.54) is 18.5 Å². The van der Waals surface area contributed by atoms with E-state index in [0.29, 0.717) is 11.0 Å². The van der Waals surface area contributed by atoms with Gasteiger partial charge < -0.3 is 21.4 Å². The number of hydrogen-bond acceptors (Lipinski definition) is 4. The fraction of sp³-hybridized carbons (Fsp3) is 0. The smallest absolute Gasteiger partial charge is 0.456 e. The van der Waals surface area contributed by atoms with Crippen LogP contribution in [0.5, 0.6) is 0 Å². The molecule has 3 rings (SSSR count). The molecule has 100 valence electrons. The number of carbonyl (C=O) groups excluding carboxylic acids is 1. The van der Waals surface area contributed by atoms with Crippen molar-refractivity contribution in [2.45, 2.75) is 0 Å². The van der Waals surface area contributed by atoms with Crippen molar-refractivity contribution in [3.8, 4) is 0 Å². The van der Waals surface area contributed by atoms with E-state index in [0.717, 1.165) is 4.68 Å². The van der Waals surface area contributed by atoms with Gasteiger partial charge in [0.2, 0.25) is 6.20 Å². The monoisotopic (exact) mass is 332 g/mol. The van der Waals surface area contributed by atoms with E-state index in [1.54, 1.807) is 30.3 Å². The highest BCUT2D eigenvalue weighted by Gasteiger charge is 2.24. The summed E-state index contributed by atoms with van der Waals surface area (Å²) < 4.78 is 6.22. The molecule has 0 aliphatic carbocycles. The Hall–Kier alpha value is -2.34. The standard InChI is InChI=1S/C14H9N2O3.BrH/c17-13(16-8-4-3-7-15-16)11-9-10-5-1-2-6-12(10)19-14(11)18;/h1-9H;1H/q+1;/p-1. The predicted octanol–water partition coefficient (Wildman–Crippen LogP) is -1.83. The summed E-state index contributed by atoms with van der Waals surface area (Å²) in [6.45, 7) is 0. The van der Waals surface area contributed by atoms with Gasteiger partial charge in [0.1, 0.15) is 5.58 Å². The van der Waals surface area contributed by atoms with Crippen molar-refractivity contribution in [3.05, 3.63) is 70.8 Å². The third kappa shape index (κ3) is 2.50. The second-order valence-corrected chi connectivity index (χ2v) is 3.93. The van der Waals surface area contributed by atoms with E-state index in [2.05, 4.69) is 5.10 Å². The van der Waals surface area contributed by atoms with E-state index < -0.39 is 11.5 Å². The number of halogens is 1. The van der Waals surface area contributed by atoms with Crippen LogP contribution >= 0.6 is 0 Å². The lowest BCUT2D eigenvalue weighted by molar-refractivity contribution is -0.634. The maximum atomic E-state index is 12.2. The first-order chi connectivity index (χ1) is 9.25. The molecule has 0 amide bonds. The van der Waals surface area contributed by atoms with Crippen LogP contribution in [-0.4, -0.2) is 11.0 Å². The van der Waals surface area contributed by atoms with Gasteiger partial charge in [-0.15, -0.1) is 0 Å². The van der Waals surface area contributed by atoms with Gasteiger partial charge in [-0.2, -0.15) is 0 Å². The number of carbonyl (C=O) groups is 1. The third-order valence-corrected chi connectivity index (χ3v) is 2.70. The van der Waals surface area contributed by atoms with Gasteiger partial charge in [-0.05, 0) is 22.9 Å². The van der Waals surface area contributed by atoms with Crippen molar-refractivity contribution in [1.29, 1.82) is 0 Å². The highest BCUT2D eigenvalue weighted by molar-refractivity contribution is 5.90. The number of aromatic nitrogens is 2. The summed E-state index contributed by atoms with van der Waals surface area (Å²) in [6.07, 6.45) is 2.96. The minimum absolute atomic E-state index is 0. The Morgan fingerprint density at radius 2 is 1.95 bits per heavy atom. The second-order valence-electron chi connectivity index (χ2n) is 3.93. The van der Waals surface area contributed by atoms with Crippen LogP contribution < -0.4 is 27.3 Å². The van der Waals surface area contributed by atoms with E-state index in [1.807, 2.05) is 6.07 Å². The van der Waals surface area contributed by atoms with Gasteiger partial charge >= 0.3 is 11.5 Å². The quantitative estimate of drug-likeness (QED) is 0.388. The lowest BCUT2D eigenvalue weighted by Gasteiger charge is -1.97. The predicted molar refractivity (Wildman–Crippen MR) is 66.6 cm³/mol. The molecule has 0 aliphatic heterocycles. The minimum atomic E-state index is -0.665. The van der Waals surface area contributed by atoms with Crippen LogP contribution in [0.3, 0.4) is 0 Å². The number of para-hydroxylation sites is 1. The van der Waals surface area contributed by atoms with Gasteiger partial charge in [0, 0.05) is 16.6 Å². The Morgan fingerprint density at radius 3 is 2.70 bits per heavy atom. The van der Waals surface area contributed by atoms with E-state index >= 15 is 0 Å². The summed E-state index contributed by atoms with van der Waals surface area (Å²) >= 11 is 0. The van der Waals surface area contributed by atoms with Crippen LogP contribution in [0.2, 0.25) is 0 Å². The number of fused-ring (bicyclic) bond motifs is 1. The number of rotatable bonds is 1.